The summed E-state index contributed by atoms with van der Waals surface area (Å²) in [5, 5.41) is 9.35. The Bertz CT molecular complexity index is 771. The SMILES string of the molecule is CCOC(=O)C(C)Sc1nc(-c2cccc(OC)c2)ccc1C#N. The normalized spacial score (nSPS) is 11.4. The number of methoxy groups -OCH3 is 1. The van der Waals surface area contributed by atoms with E-state index in [4.69, 9.17) is 9.47 Å². The summed E-state index contributed by atoms with van der Waals surface area (Å²) >= 11 is 1.22. The first-order chi connectivity index (χ1) is 11.6. The minimum absolute atomic E-state index is 0.319. The number of aromatic nitrogens is 1. The number of nitrogens with zero attached hydrogens (tertiary/aromatic N) is 2. The summed E-state index contributed by atoms with van der Waals surface area (Å²) in [5.41, 5.74) is 2.03. The van der Waals surface area contributed by atoms with Crippen molar-refractivity contribution < 1.29 is 14.3 Å². The molecular formula is C18H18N2O3S. The van der Waals surface area contributed by atoms with Crippen LogP contribution >= 0.6 is 11.8 Å². The van der Waals surface area contributed by atoms with Crippen LogP contribution in [-0.2, 0) is 9.53 Å². The van der Waals surface area contributed by atoms with Gasteiger partial charge in [-0.25, -0.2) is 4.98 Å². The zero-order chi connectivity index (χ0) is 17.5. The molecule has 0 radical (unpaired) electrons. The fourth-order valence-corrected chi connectivity index (χ4v) is 2.92. The van der Waals surface area contributed by atoms with Gasteiger partial charge in [0.2, 0.25) is 0 Å². The van der Waals surface area contributed by atoms with Crippen LogP contribution in [-0.4, -0.2) is 29.9 Å². The van der Waals surface area contributed by atoms with Gasteiger partial charge >= 0.3 is 5.97 Å². The maximum atomic E-state index is 11.8. The maximum absolute atomic E-state index is 11.8. The summed E-state index contributed by atoms with van der Waals surface area (Å²) in [6.07, 6.45) is 0. The predicted molar refractivity (Wildman–Crippen MR) is 92.9 cm³/mol. The van der Waals surface area contributed by atoms with Crippen molar-refractivity contribution in [3.8, 4) is 23.1 Å². The van der Waals surface area contributed by atoms with Crippen molar-refractivity contribution >= 4 is 17.7 Å². The second-order valence-electron chi connectivity index (χ2n) is 4.91. The van der Waals surface area contributed by atoms with Gasteiger partial charge in [0.25, 0.3) is 0 Å². The number of benzene rings is 1. The minimum Gasteiger partial charge on any atom is -0.497 e. The molecule has 1 aromatic heterocycles. The van der Waals surface area contributed by atoms with Crippen LogP contribution in [0.4, 0.5) is 0 Å². The highest BCUT2D eigenvalue weighted by molar-refractivity contribution is 8.00. The van der Waals surface area contributed by atoms with Crippen LogP contribution in [0.3, 0.4) is 0 Å². The molecule has 0 spiro atoms. The molecule has 0 aliphatic carbocycles. The molecule has 124 valence electrons. The van der Waals surface area contributed by atoms with Crippen LogP contribution < -0.4 is 4.74 Å². The van der Waals surface area contributed by atoms with E-state index in [-0.39, 0.29) is 5.97 Å². The molecule has 0 fully saturated rings. The first-order valence-electron chi connectivity index (χ1n) is 7.48. The standard InChI is InChI=1S/C18H18N2O3S/c1-4-23-18(21)12(2)24-17-14(11-19)8-9-16(20-17)13-6-5-7-15(10-13)22-3/h5-10,12H,4H2,1-3H3. The Balaban J connectivity index is 2.33. The van der Waals surface area contributed by atoms with Crippen LogP contribution in [0.1, 0.15) is 19.4 Å². The van der Waals surface area contributed by atoms with Crippen molar-refractivity contribution in [2.75, 3.05) is 13.7 Å². The molecule has 0 saturated heterocycles. The van der Waals surface area contributed by atoms with Gasteiger partial charge in [-0.3, -0.25) is 4.79 Å². The van der Waals surface area contributed by atoms with E-state index in [1.807, 2.05) is 24.3 Å². The third kappa shape index (κ3) is 4.27. The number of rotatable bonds is 6. The highest BCUT2D eigenvalue weighted by Gasteiger charge is 2.19. The van der Waals surface area contributed by atoms with Gasteiger partial charge in [0, 0.05) is 5.56 Å². The van der Waals surface area contributed by atoms with E-state index < -0.39 is 5.25 Å². The summed E-state index contributed by atoms with van der Waals surface area (Å²) < 4.78 is 10.2. The van der Waals surface area contributed by atoms with E-state index in [2.05, 4.69) is 11.1 Å². The first kappa shape index (κ1) is 17.8. The van der Waals surface area contributed by atoms with Gasteiger partial charge in [-0.1, -0.05) is 23.9 Å². The smallest absolute Gasteiger partial charge is 0.319 e. The highest BCUT2D eigenvalue weighted by Crippen LogP contribution is 2.29. The highest BCUT2D eigenvalue weighted by atomic mass is 32.2. The molecule has 5 nitrogen and oxygen atoms in total. The van der Waals surface area contributed by atoms with Gasteiger partial charge in [0.1, 0.15) is 22.1 Å². The number of thioether (sulfide) groups is 1. The van der Waals surface area contributed by atoms with Crippen molar-refractivity contribution in [3.05, 3.63) is 42.0 Å². The van der Waals surface area contributed by atoms with Crippen molar-refractivity contribution in [2.24, 2.45) is 0 Å². The third-order valence-corrected chi connectivity index (χ3v) is 4.33. The molecule has 0 aliphatic heterocycles. The molecule has 2 aromatic rings. The molecule has 0 saturated carbocycles. The van der Waals surface area contributed by atoms with Gasteiger partial charge < -0.3 is 9.47 Å². The van der Waals surface area contributed by atoms with E-state index in [0.717, 1.165) is 11.3 Å². The lowest BCUT2D eigenvalue weighted by Crippen LogP contribution is -2.17. The monoisotopic (exact) mass is 342 g/mol. The lowest BCUT2D eigenvalue weighted by Gasteiger charge is -2.12. The number of nitriles is 1. The molecule has 1 atom stereocenters. The number of hydrogen-bond acceptors (Lipinski definition) is 6. The molecule has 24 heavy (non-hydrogen) atoms. The largest absolute Gasteiger partial charge is 0.497 e. The van der Waals surface area contributed by atoms with Crippen LogP contribution in [0.25, 0.3) is 11.3 Å². The summed E-state index contributed by atoms with van der Waals surface area (Å²) in [5.74, 6) is 0.410. The van der Waals surface area contributed by atoms with E-state index in [9.17, 15) is 10.1 Å². The van der Waals surface area contributed by atoms with Crippen molar-refractivity contribution in [2.45, 2.75) is 24.1 Å². The maximum Gasteiger partial charge on any atom is 0.319 e. The summed E-state index contributed by atoms with van der Waals surface area (Å²) in [7, 11) is 1.60. The van der Waals surface area contributed by atoms with Crippen LogP contribution in [0.2, 0.25) is 0 Å². The van der Waals surface area contributed by atoms with Gasteiger partial charge in [-0.15, -0.1) is 0 Å². The van der Waals surface area contributed by atoms with Gasteiger partial charge in [0.05, 0.1) is 25.0 Å². The van der Waals surface area contributed by atoms with Gasteiger partial charge in [-0.05, 0) is 38.1 Å². The lowest BCUT2D eigenvalue weighted by molar-refractivity contribution is -0.142. The molecule has 2 rings (SSSR count). The van der Waals surface area contributed by atoms with Crippen LogP contribution in [0.15, 0.2) is 41.4 Å². The molecular weight excluding hydrogens is 324 g/mol. The number of carbonyl (C=O) groups excluding carboxylic acids is 1. The van der Waals surface area contributed by atoms with Crippen molar-refractivity contribution in [1.82, 2.24) is 4.98 Å². The average molecular weight is 342 g/mol. The fraction of sp³-hybridized carbons (Fsp3) is 0.278. The molecule has 1 heterocycles. The Hall–Kier alpha value is -2.52. The van der Waals surface area contributed by atoms with Crippen LogP contribution in [0.5, 0.6) is 5.75 Å². The molecule has 0 aliphatic rings. The van der Waals surface area contributed by atoms with Gasteiger partial charge in [0.15, 0.2) is 0 Å². The van der Waals surface area contributed by atoms with Crippen molar-refractivity contribution in [3.63, 3.8) is 0 Å². The summed E-state index contributed by atoms with van der Waals surface area (Å²) in [6.45, 7) is 3.83. The fourth-order valence-electron chi connectivity index (χ4n) is 2.03. The third-order valence-electron chi connectivity index (χ3n) is 3.25. The second-order valence-corrected chi connectivity index (χ2v) is 6.23. The Morgan fingerprint density at radius 1 is 1.38 bits per heavy atom. The van der Waals surface area contributed by atoms with E-state index in [1.54, 1.807) is 33.1 Å². The number of esters is 1. The van der Waals surface area contributed by atoms with E-state index in [1.165, 1.54) is 11.8 Å². The Kier molecular flexibility index (Phi) is 6.21. The topological polar surface area (TPSA) is 72.2 Å². The number of ether oxygens (including phenoxy) is 2. The molecule has 1 aromatic carbocycles. The van der Waals surface area contributed by atoms with Gasteiger partial charge in [-0.2, -0.15) is 5.26 Å². The molecule has 0 amide bonds. The molecule has 1 unspecified atom stereocenters. The minimum atomic E-state index is -0.440. The lowest BCUT2D eigenvalue weighted by atomic mass is 10.1. The Morgan fingerprint density at radius 3 is 2.83 bits per heavy atom. The zero-order valence-corrected chi connectivity index (χ0v) is 14.6. The number of pyridine rings is 1. The van der Waals surface area contributed by atoms with E-state index in [0.29, 0.717) is 22.9 Å². The number of hydrogen-bond donors (Lipinski definition) is 0. The van der Waals surface area contributed by atoms with Crippen LogP contribution in [0, 0.1) is 11.3 Å². The molecule has 6 heteroatoms. The van der Waals surface area contributed by atoms with E-state index >= 15 is 0 Å². The second kappa shape index (κ2) is 8.37. The average Bonchev–Trinajstić information content (AvgIpc) is 2.61. The Morgan fingerprint density at radius 2 is 2.17 bits per heavy atom. The molecule has 0 N–H and O–H groups in total. The molecule has 0 bridgehead atoms. The number of carbonyl (C=O) groups is 1. The zero-order valence-electron chi connectivity index (χ0n) is 13.8. The first-order valence-corrected chi connectivity index (χ1v) is 8.35. The quantitative estimate of drug-likeness (QED) is 0.589. The predicted octanol–water partition coefficient (Wildman–Crippen LogP) is 3.67. The summed E-state index contributed by atoms with van der Waals surface area (Å²) in [4.78, 5) is 16.4. The van der Waals surface area contributed by atoms with Crippen molar-refractivity contribution in [1.29, 1.82) is 5.26 Å². The summed E-state index contributed by atoms with van der Waals surface area (Å²) in [6, 6.07) is 13.1. The Labute approximate surface area is 145 Å².